The van der Waals surface area contributed by atoms with Crippen LogP contribution in [0.5, 0.6) is 0 Å². The van der Waals surface area contributed by atoms with Crippen molar-refractivity contribution in [2.45, 2.75) is 19.3 Å². The van der Waals surface area contributed by atoms with E-state index in [1.807, 2.05) is 25.3 Å². The number of ether oxygens (including phenoxy) is 1. The maximum absolute atomic E-state index is 11.7. The fourth-order valence-electron chi connectivity index (χ4n) is 2.47. The molecule has 2 aromatic rings. The molecule has 0 aliphatic heterocycles. The largest absolute Gasteiger partial charge is 0.466 e. The molecule has 0 amide bonds. The van der Waals surface area contributed by atoms with Crippen molar-refractivity contribution in [2.75, 3.05) is 6.61 Å². The van der Waals surface area contributed by atoms with E-state index in [2.05, 4.69) is 27.0 Å². The first-order chi connectivity index (χ1) is 8.70. The smallest absolute Gasteiger partial charge is 0.309 e. The number of aromatic amines is 1. The number of nitrogens with one attached hydrogen (secondary N) is 1. The Morgan fingerprint density at radius 1 is 1.56 bits per heavy atom. The molecule has 1 saturated carbocycles. The molecule has 0 unspecified atom stereocenters. The summed E-state index contributed by atoms with van der Waals surface area (Å²) in [5, 5.41) is 1.20. The SMILES string of the molecule is CCOC(=O)[C@H]1C[C@@H]1c1c[nH]c2ccc(Br)cc12. The number of carbonyl (C=O) groups excluding carboxylic acids is 1. The number of rotatable bonds is 3. The minimum Gasteiger partial charge on any atom is -0.466 e. The summed E-state index contributed by atoms with van der Waals surface area (Å²) in [4.78, 5) is 14.9. The number of H-pyrrole nitrogens is 1. The molecule has 0 radical (unpaired) electrons. The van der Waals surface area contributed by atoms with Gasteiger partial charge in [0, 0.05) is 27.5 Å². The van der Waals surface area contributed by atoms with Gasteiger partial charge in [-0.25, -0.2) is 0 Å². The van der Waals surface area contributed by atoms with E-state index >= 15 is 0 Å². The third-order valence-corrected chi connectivity index (χ3v) is 3.95. The van der Waals surface area contributed by atoms with Crippen LogP contribution in [0.3, 0.4) is 0 Å². The molecule has 1 aromatic carbocycles. The summed E-state index contributed by atoms with van der Waals surface area (Å²) in [5.74, 6) is 0.293. The van der Waals surface area contributed by atoms with Crippen LogP contribution < -0.4 is 0 Å². The van der Waals surface area contributed by atoms with Gasteiger partial charge in [-0.3, -0.25) is 4.79 Å². The molecule has 94 valence electrons. The molecule has 1 aromatic heterocycles. The Kier molecular flexibility index (Phi) is 2.90. The van der Waals surface area contributed by atoms with Gasteiger partial charge in [0.05, 0.1) is 12.5 Å². The van der Waals surface area contributed by atoms with Crippen molar-refractivity contribution in [1.82, 2.24) is 4.98 Å². The van der Waals surface area contributed by atoms with E-state index in [1.165, 1.54) is 10.9 Å². The highest BCUT2D eigenvalue weighted by Gasteiger charge is 2.46. The van der Waals surface area contributed by atoms with Crippen LogP contribution in [0.4, 0.5) is 0 Å². The van der Waals surface area contributed by atoms with E-state index in [0.717, 1.165) is 16.4 Å². The van der Waals surface area contributed by atoms with Gasteiger partial charge >= 0.3 is 5.97 Å². The number of aromatic nitrogens is 1. The Balaban J connectivity index is 1.88. The van der Waals surface area contributed by atoms with Gasteiger partial charge in [-0.15, -0.1) is 0 Å². The van der Waals surface area contributed by atoms with Crippen LogP contribution in [0.1, 0.15) is 24.8 Å². The fraction of sp³-hybridized carbons (Fsp3) is 0.357. The second-order valence-electron chi connectivity index (χ2n) is 4.63. The van der Waals surface area contributed by atoms with Crippen molar-refractivity contribution < 1.29 is 9.53 Å². The van der Waals surface area contributed by atoms with Gasteiger partial charge in [0.15, 0.2) is 0 Å². The number of esters is 1. The summed E-state index contributed by atoms with van der Waals surface area (Å²) in [5.41, 5.74) is 2.34. The summed E-state index contributed by atoms with van der Waals surface area (Å²) in [6.07, 6.45) is 2.92. The van der Waals surface area contributed by atoms with Crippen LogP contribution in [0, 0.1) is 5.92 Å². The van der Waals surface area contributed by atoms with Gasteiger partial charge in [-0.1, -0.05) is 15.9 Å². The van der Waals surface area contributed by atoms with Gasteiger partial charge in [-0.2, -0.15) is 0 Å². The highest BCUT2D eigenvalue weighted by atomic mass is 79.9. The molecular weight excluding hydrogens is 294 g/mol. The number of benzene rings is 1. The van der Waals surface area contributed by atoms with Gasteiger partial charge in [0.1, 0.15) is 0 Å². The molecule has 1 heterocycles. The lowest BCUT2D eigenvalue weighted by molar-refractivity contribution is -0.144. The quantitative estimate of drug-likeness (QED) is 0.880. The molecule has 3 nitrogen and oxygen atoms in total. The highest BCUT2D eigenvalue weighted by molar-refractivity contribution is 9.10. The summed E-state index contributed by atoms with van der Waals surface area (Å²) in [7, 11) is 0. The van der Waals surface area contributed by atoms with E-state index < -0.39 is 0 Å². The summed E-state index contributed by atoms with van der Waals surface area (Å²) >= 11 is 3.48. The molecule has 1 aliphatic carbocycles. The lowest BCUT2D eigenvalue weighted by Crippen LogP contribution is -2.07. The monoisotopic (exact) mass is 307 g/mol. The molecule has 0 spiro atoms. The molecule has 18 heavy (non-hydrogen) atoms. The summed E-state index contributed by atoms with van der Waals surface area (Å²) in [6, 6.07) is 6.16. The average Bonchev–Trinajstić information content (AvgIpc) is 3.04. The Morgan fingerprint density at radius 3 is 3.17 bits per heavy atom. The third-order valence-electron chi connectivity index (χ3n) is 3.46. The zero-order valence-corrected chi connectivity index (χ0v) is 11.7. The Labute approximate surface area is 114 Å². The molecular formula is C14H14BrNO2. The predicted molar refractivity (Wildman–Crippen MR) is 73.5 cm³/mol. The van der Waals surface area contributed by atoms with Gasteiger partial charge in [-0.05, 0) is 37.1 Å². The van der Waals surface area contributed by atoms with E-state index in [1.54, 1.807) is 0 Å². The van der Waals surface area contributed by atoms with E-state index in [-0.39, 0.29) is 11.9 Å². The van der Waals surface area contributed by atoms with Gasteiger partial charge < -0.3 is 9.72 Å². The van der Waals surface area contributed by atoms with Crippen molar-refractivity contribution in [2.24, 2.45) is 5.92 Å². The molecule has 1 fully saturated rings. The van der Waals surface area contributed by atoms with Crippen molar-refractivity contribution in [3.8, 4) is 0 Å². The topological polar surface area (TPSA) is 42.1 Å². The Morgan fingerprint density at radius 2 is 2.39 bits per heavy atom. The standard InChI is InChI=1S/C14H14BrNO2/c1-2-18-14(17)11-6-9(11)12-7-16-13-4-3-8(15)5-10(12)13/h3-5,7,9,11,16H,2,6H2,1H3/t9-,11-/m0/s1. The molecule has 0 saturated heterocycles. The number of halogens is 1. The molecule has 3 rings (SSSR count). The van der Waals surface area contributed by atoms with Crippen LogP contribution in [0.25, 0.3) is 10.9 Å². The Hall–Kier alpha value is -1.29. The molecule has 1 N–H and O–H groups in total. The van der Waals surface area contributed by atoms with Crippen LogP contribution in [-0.4, -0.2) is 17.6 Å². The minimum atomic E-state index is -0.0631. The normalized spacial score (nSPS) is 22.1. The summed E-state index contributed by atoms with van der Waals surface area (Å²) in [6.45, 7) is 2.31. The van der Waals surface area contributed by atoms with Crippen LogP contribution in [0.15, 0.2) is 28.9 Å². The van der Waals surface area contributed by atoms with Crippen molar-refractivity contribution in [1.29, 1.82) is 0 Å². The first-order valence-corrected chi connectivity index (χ1v) is 6.93. The average molecular weight is 308 g/mol. The van der Waals surface area contributed by atoms with Crippen LogP contribution >= 0.6 is 15.9 Å². The zero-order valence-electron chi connectivity index (χ0n) is 10.1. The second-order valence-corrected chi connectivity index (χ2v) is 5.55. The molecule has 4 heteroatoms. The number of fused-ring (bicyclic) bond motifs is 1. The van der Waals surface area contributed by atoms with Crippen molar-refractivity contribution in [3.63, 3.8) is 0 Å². The minimum absolute atomic E-state index is 0.0444. The summed E-state index contributed by atoms with van der Waals surface area (Å²) < 4.78 is 6.13. The van der Waals surface area contributed by atoms with E-state index in [0.29, 0.717) is 12.5 Å². The third kappa shape index (κ3) is 1.94. The van der Waals surface area contributed by atoms with Crippen molar-refractivity contribution >= 4 is 32.8 Å². The number of carbonyl (C=O) groups is 1. The van der Waals surface area contributed by atoms with E-state index in [4.69, 9.17) is 4.74 Å². The lowest BCUT2D eigenvalue weighted by atomic mass is 10.1. The first kappa shape index (κ1) is 11.8. The molecule has 1 aliphatic rings. The second kappa shape index (κ2) is 4.43. The zero-order chi connectivity index (χ0) is 12.7. The fourth-order valence-corrected chi connectivity index (χ4v) is 2.83. The number of hydrogen-bond donors (Lipinski definition) is 1. The first-order valence-electron chi connectivity index (χ1n) is 6.14. The maximum Gasteiger partial charge on any atom is 0.309 e. The number of hydrogen-bond acceptors (Lipinski definition) is 2. The predicted octanol–water partition coefficient (Wildman–Crippen LogP) is 3.60. The van der Waals surface area contributed by atoms with Gasteiger partial charge in [0.2, 0.25) is 0 Å². The van der Waals surface area contributed by atoms with Crippen molar-refractivity contribution in [3.05, 3.63) is 34.4 Å². The van der Waals surface area contributed by atoms with E-state index in [9.17, 15) is 4.79 Å². The maximum atomic E-state index is 11.7. The van der Waals surface area contributed by atoms with Crippen LogP contribution in [0.2, 0.25) is 0 Å². The highest BCUT2D eigenvalue weighted by Crippen LogP contribution is 2.50. The lowest BCUT2D eigenvalue weighted by Gasteiger charge is -2.00. The van der Waals surface area contributed by atoms with Gasteiger partial charge in [0.25, 0.3) is 0 Å². The van der Waals surface area contributed by atoms with Crippen LogP contribution in [-0.2, 0) is 9.53 Å². The molecule has 0 bridgehead atoms. The Bertz CT molecular complexity index is 605. The molecule has 2 atom stereocenters.